The molecule has 3 rings (SSSR count). The SMILES string of the molecule is CCCc1ccc(Oc2c(N3CCCCC3)cc(C(=O)O)cc2S(N)(=O)=O)cc1. The summed E-state index contributed by atoms with van der Waals surface area (Å²) < 4.78 is 30.6. The monoisotopic (exact) mass is 418 g/mol. The van der Waals surface area contributed by atoms with E-state index in [1.165, 1.54) is 6.07 Å². The van der Waals surface area contributed by atoms with Gasteiger partial charge in [0.05, 0.1) is 11.3 Å². The van der Waals surface area contributed by atoms with Crippen molar-refractivity contribution in [2.24, 2.45) is 5.14 Å². The zero-order valence-electron chi connectivity index (χ0n) is 16.4. The Kier molecular flexibility index (Phi) is 6.44. The van der Waals surface area contributed by atoms with E-state index in [4.69, 9.17) is 9.88 Å². The third-order valence-electron chi connectivity index (χ3n) is 4.97. The summed E-state index contributed by atoms with van der Waals surface area (Å²) in [7, 11) is -4.20. The van der Waals surface area contributed by atoms with Gasteiger partial charge in [-0.3, -0.25) is 0 Å². The average molecular weight is 419 g/mol. The number of carbonyl (C=O) groups is 1. The van der Waals surface area contributed by atoms with Gasteiger partial charge in [-0.1, -0.05) is 25.5 Å². The van der Waals surface area contributed by atoms with Crippen LogP contribution < -0.4 is 14.8 Å². The van der Waals surface area contributed by atoms with E-state index in [0.29, 0.717) is 24.5 Å². The summed E-state index contributed by atoms with van der Waals surface area (Å²) in [6, 6.07) is 9.95. The summed E-state index contributed by atoms with van der Waals surface area (Å²) in [4.78, 5) is 13.2. The lowest BCUT2D eigenvalue weighted by molar-refractivity contribution is 0.0696. The van der Waals surface area contributed by atoms with Crippen LogP contribution in [0.4, 0.5) is 5.69 Å². The Balaban J connectivity index is 2.11. The van der Waals surface area contributed by atoms with Crippen LogP contribution in [0.3, 0.4) is 0 Å². The minimum absolute atomic E-state index is 0.0719. The normalized spacial score (nSPS) is 14.6. The molecule has 2 aromatic rings. The Morgan fingerprint density at radius 2 is 1.79 bits per heavy atom. The second-order valence-electron chi connectivity index (χ2n) is 7.22. The molecule has 0 aromatic heterocycles. The second kappa shape index (κ2) is 8.84. The minimum Gasteiger partial charge on any atom is -0.478 e. The molecule has 8 heteroatoms. The molecule has 0 unspecified atom stereocenters. The van der Waals surface area contributed by atoms with Crippen LogP contribution in [-0.2, 0) is 16.4 Å². The third-order valence-corrected chi connectivity index (χ3v) is 5.88. The van der Waals surface area contributed by atoms with Crippen LogP contribution in [0, 0.1) is 0 Å². The smallest absolute Gasteiger partial charge is 0.335 e. The number of rotatable bonds is 7. The number of nitrogens with two attached hydrogens (primary N) is 1. The Hall–Kier alpha value is -2.58. The first-order valence-electron chi connectivity index (χ1n) is 9.75. The van der Waals surface area contributed by atoms with E-state index in [2.05, 4.69) is 6.92 Å². The van der Waals surface area contributed by atoms with E-state index >= 15 is 0 Å². The fourth-order valence-corrected chi connectivity index (χ4v) is 4.22. The highest BCUT2D eigenvalue weighted by Crippen LogP contribution is 2.40. The van der Waals surface area contributed by atoms with Gasteiger partial charge in [0, 0.05) is 13.1 Å². The number of anilines is 1. The zero-order valence-corrected chi connectivity index (χ0v) is 17.2. The first-order valence-corrected chi connectivity index (χ1v) is 11.3. The second-order valence-corrected chi connectivity index (χ2v) is 8.75. The Morgan fingerprint density at radius 3 is 2.34 bits per heavy atom. The van der Waals surface area contributed by atoms with E-state index < -0.39 is 16.0 Å². The van der Waals surface area contributed by atoms with E-state index in [1.54, 1.807) is 12.1 Å². The van der Waals surface area contributed by atoms with Crippen LogP contribution in [0.1, 0.15) is 48.5 Å². The maximum atomic E-state index is 12.3. The summed E-state index contributed by atoms with van der Waals surface area (Å²) in [5.41, 5.74) is 1.45. The van der Waals surface area contributed by atoms with E-state index in [0.717, 1.165) is 43.7 Å². The van der Waals surface area contributed by atoms with E-state index in [-0.39, 0.29) is 16.2 Å². The number of hydrogen-bond acceptors (Lipinski definition) is 5. The van der Waals surface area contributed by atoms with Gasteiger partial charge < -0.3 is 14.7 Å². The lowest BCUT2D eigenvalue weighted by Gasteiger charge is -2.31. The molecule has 0 bridgehead atoms. The molecule has 0 radical (unpaired) electrons. The maximum Gasteiger partial charge on any atom is 0.335 e. The number of carboxylic acid groups (broad SMARTS) is 1. The molecule has 156 valence electrons. The molecule has 1 saturated heterocycles. The van der Waals surface area contributed by atoms with Crippen LogP contribution in [-0.4, -0.2) is 32.6 Å². The molecule has 3 N–H and O–H groups in total. The number of ether oxygens (including phenoxy) is 1. The van der Waals surface area contributed by atoms with Crippen LogP contribution in [0.25, 0.3) is 0 Å². The molecule has 1 aliphatic heterocycles. The summed E-state index contributed by atoms with van der Waals surface area (Å²) in [6.45, 7) is 3.48. The molecule has 0 saturated carbocycles. The zero-order chi connectivity index (χ0) is 21.0. The predicted molar refractivity (Wildman–Crippen MR) is 111 cm³/mol. The Labute approximate surface area is 171 Å². The standard InChI is InChI=1S/C21H26N2O5S/c1-2-6-15-7-9-17(10-8-15)28-20-18(23-11-4-3-5-12-23)13-16(21(24)25)14-19(20)29(22,26)27/h7-10,13-14H,2-6,11-12H2,1H3,(H,24,25)(H2,22,26,27). The van der Waals surface area contributed by atoms with Gasteiger partial charge in [-0.25, -0.2) is 18.4 Å². The van der Waals surface area contributed by atoms with Crippen molar-refractivity contribution in [2.75, 3.05) is 18.0 Å². The van der Waals surface area contributed by atoms with E-state index in [1.807, 2.05) is 17.0 Å². The number of nitrogens with zero attached hydrogens (tertiary/aromatic N) is 1. The van der Waals surface area contributed by atoms with Crippen molar-refractivity contribution in [3.8, 4) is 11.5 Å². The fourth-order valence-electron chi connectivity index (χ4n) is 3.53. The highest BCUT2D eigenvalue weighted by molar-refractivity contribution is 7.89. The first-order chi connectivity index (χ1) is 13.8. The summed E-state index contributed by atoms with van der Waals surface area (Å²) in [5, 5.41) is 14.9. The predicted octanol–water partition coefficient (Wildman–Crippen LogP) is 3.77. The topological polar surface area (TPSA) is 110 Å². The molecular formula is C21H26N2O5S. The lowest BCUT2D eigenvalue weighted by Crippen LogP contribution is -2.30. The van der Waals surface area contributed by atoms with Crippen LogP contribution in [0.2, 0.25) is 0 Å². The largest absolute Gasteiger partial charge is 0.478 e. The first kappa shape index (κ1) is 21.1. The van der Waals surface area contributed by atoms with Gasteiger partial charge in [-0.05, 0) is 55.5 Å². The van der Waals surface area contributed by atoms with Crippen molar-refractivity contribution in [3.63, 3.8) is 0 Å². The Morgan fingerprint density at radius 1 is 1.14 bits per heavy atom. The molecule has 0 spiro atoms. The van der Waals surface area contributed by atoms with Crippen LogP contribution >= 0.6 is 0 Å². The molecule has 1 heterocycles. The van der Waals surface area contributed by atoms with Crippen molar-refractivity contribution >= 4 is 21.7 Å². The van der Waals surface area contributed by atoms with Crippen molar-refractivity contribution in [2.45, 2.75) is 43.9 Å². The summed E-state index contributed by atoms with van der Waals surface area (Å²) >= 11 is 0. The third kappa shape index (κ3) is 5.07. The lowest BCUT2D eigenvalue weighted by atomic mass is 10.1. The average Bonchev–Trinajstić information content (AvgIpc) is 2.69. The fraction of sp³-hybridized carbons (Fsp3) is 0.381. The van der Waals surface area contributed by atoms with Crippen LogP contribution in [0.15, 0.2) is 41.3 Å². The van der Waals surface area contributed by atoms with Crippen molar-refractivity contribution < 1.29 is 23.1 Å². The van der Waals surface area contributed by atoms with Gasteiger partial charge in [0.1, 0.15) is 10.6 Å². The number of primary sulfonamides is 1. The van der Waals surface area contributed by atoms with Gasteiger partial charge in [0.15, 0.2) is 5.75 Å². The molecule has 1 aliphatic rings. The highest BCUT2D eigenvalue weighted by Gasteiger charge is 2.26. The van der Waals surface area contributed by atoms with Gasteiger partial charge >= 0.3 is 5.97 Å². The van der Waals surface area contributed by atoms with Crippen molar-refractivity contribution in [1.29, 1.82) is 0 Å². The van der Waals surface area contributed by atoms with Gasteiger partial charge in [0.2, 0.25) is 10.0 Å². The molecule has 0 aliphatic carbocycles. The maximum absolute atomic E-state index is 12.3. The summed E-state index contributed by atoms with van der Waals surface area (Å²) in [5.74, 6) is -0.678. The van der Waals surface area contributed by atoms with Crippen LogP contribution in [0.5, 0.6) is 11.5 Å². The van der Waals surface area contributed by atoms with E-state index in [9.17, 15) is 18.3 Å². The van der Waals surface area contributed by atoms with Gasteiger partial charge in [-0.2, -0.15) is 0 Å². The number of piperidine rings is 1. The molecule has 0 amide bonds. The van der Waals surface area contributed by atoms with Crippen molar-refractivity contribution in [1.82, 2.24) is 0 Å². The number of aryl methyl sites for hydroxylation is 1. The molecular weight excluding hydrogens is 392 g/mol. The van der Waals surface area contributed by atoms with Crippen molar-refractivity contribution in [3.05, 3.63) is 47.5 Å². The quantitative estimate of drug-likeness (QED) is 0.708. The minimum atomic E-state index is -4.20. The molecule has 7 nitrogen and oxygen atoms in total. The number of aromatic carboxylic acids is 1. The molecule has 29 heavy (non-hydrogen) atoms. The van der Waals surface area contributed by atoms with Gasteiger partial charge in [0.25, 0.3) is 0 Å². The molecule has 0 atom stereocenters. The molecule has 1 fully saturated rings. The number of sulfonamides is 1. The number of hydrogen-bond donors (Lipinski definition) is 2. The highest BCUT2D eigenvalue weighted by atomic mass is 32.2. The number of carboxylic acids is 1. The number of benzene rings is 2. The molecule has 2 aromatic carbocycles. The summed E-state index contributed by atoms with van der Waals surface area (Å²) in [6.07, 6.45) is 4.91. The Bertz CT molecular complexity index is 981. The van der Waals surface area contributed by atoms with Gasteiger partial charge in [-0.15, -0.1) is 0 Å².